The van der Waals surface area contributed by atoms with Gasteiger partial charge in [0.05, 0.1) is 27.7 Å². The summed E-state index contributed by atoms with van der Waals surface area (Å²) in [6.45, 7) is 2.35. The molecule has 0 fully saturated rings. The van der Waals surface area contributed by atoms with Crippen molar-refractivity contribution < 1.29 is 13.9 Å². The fraction of sp³-hybridized carbons (Fsp3) is 0.120. The SMILES string of the molecule is CCOc1cc(/C=C(/C#N)c2nc3ccccc3[nH]2)cc(Br)c1OCc1ccccc1F. The highest BCUT2D eigenvalue weighted by molar-refractivity contribution is 9.10. The van der Waals surface area contributed by atoms with Crippen molar-refractivity contribution in [3.63, 3.8) is 0 Å². The highest BCUT2D eigenvalue weighted by Crippen LogP contribution is 2.38. The molecule has 0 aliphatic heterocycles. The summed E-state index contributed by atoms with van der Waals surface area (Å²) in [7, 11) is 0. The molecule has 0 saturated heterocycles. The van der Waals surface area contributed by atoms with Gasteiger partial charge in [-0.3, -0.25) is 0 Å². The molecule has 4 rings (SSSR count). The zero-order chi connectivity index (χ0) is 22.5. The Hall–Kier alpha value is -3.63. The Labute approximate surface area is 193 Å². The molecule has 160 valence electrons. The lowest BCUT2D eigenvalue weighted by molar-refractivity contribution is 0.264. The van der Waals surface area contributed by atoms with E-state index < -0.39 is 0 Å². The van der Waals surface area contributed by atoms with Crippen LogP contribution in [0.15, 0.2) is 65.1 Å². The maximum Gasteiger partial charge on any atom is 0.175 e. The van der Waals surface area contributed by atoms with Gasteiger partial charge in [-0.15, -0.1) is 0 Å². The van der Waals surface area contributed by atoms with Gasteiger partial charge in [-0.2, -0.15) is 5.26 Å². The average Bonchev–Trinajstić information content (AvgIpc) is 3.22. The first kappa shape index (κ1) is 21.6. The number of halogens is 2. The summed E-state index contributed by atoms with van der Waals surface area (Å²) in [5, 5.41) is 9.72. The Morgan fingerprint density at radius 3 is 2.69 bits per heavy atom. The van der Waals surface area contributed by atoms with E-state index in [-0.39, 0.29) is 12.4 Å². The normalized spacial score (nSPS) is 11.4. The molecule has 0 radical (unpaired) electrons. The van der Waals surface area contributed by atoms with E-state index in [0.717, 1.165) is 16.6 Å². The van der Waals surface area contributed by atoms with Crippen molar-refractivity contribution in [2.75, 3.05) is 6.61 Å². The van der Waals surface area contributed by atoms with Gasteiger partial charge < -0.3 is 14.5 Å². The highest BCUT2D eigenvalue weighted by atomic mass is 79.9. The average molecular weight is 492 g/mol. The number of nitrogens with one attached hydrogen (secondary N) is 1. The molecular formula is C25H19BrFN3O2. The first-order valence-electron chi connectivity index (χ1n) is 9.98. The van der Waals surface area contributed by atoms with Crippen LogP contribution in [0.2, 0.25) is 0 Å². The molecule has 0 spiro atoms. The molecule has 0 unspecified atom stereocenters. The van der Waals surface area contributed by atoms with Crippen molar-refractivity contribution in [2.45, 2.75) is 13.5 Å². The molecule has 1 aromatic heterocycles. The van der Waals surface area contributed by atoms with Gasteiger partial charge in [-0.05, 0) is 64.8 Å². The second-order valence-corrected chi connectivity index (χ2v) is 7.77. The number of allylic oxidation sites excluding steroid dienone is 1. The molecule has 0 aliphatic carbocycles. The van der Waals surface area contributed by atoms with E-state index in [1.807, 2.05) is 37.3 Å². The van der Waals surface area contributed by atoms with Gasteiger partial charge in [0.1, 0.15) is 24.3 Å². The van der Waals surface area contributed by atoms with E-state index in [1.165, 1.54) is 6.07 Å². The number of nitrogens with zero attached hydrogens (tertiary/aromatic N) is 2. The van der Waals surface area contributed by atoms with Crippen molar-refractivity contribution in [3.05, 3.63) is 87.9 Å². The van der Waals surface area contributed by atoms with Gasteiger partial charge >= 0.3 is 0 Å². The number of fused-ring (bicyclic) bond motifs is 1. The maximum absolute atomic E-state index is 14.0. The van der Waals surface area contributed by atoms with E-state index in [1.54, 1.807) is 30.3 Å². The summed E-state index contributed by atoms with van der Waals surface area (Å²) < 4.78 is 26.2. The zero-order valence-corrected chi connectivity index (χ0v) is 18.8. The smallest absolute Gasteiger partial charge is 0.175 e. The Morgan fingerprint density at radius 1 is 1.16 bits per heavy atom. The number of nitriles is 1. The van der Waals surface area contributed by atoms with Crippen LogP contribution in [0, 0.1) is 17.1 Å². The predicted molar refractivity (Wildman–Crippen MR) is 126 cm³/mol. The number of aromatic nitrogens is 2. The number of benzene rings is 3. The lowest BCUT2D eigenvalue weighted by Gasteiger charge is -2.15. The Balaban J connectivity index is 1.67. The molecule has 0 amide bonds. The second kappa shape index (κ2) is 9.67. The molecule has 5 nitrogen and oxygen atoms in total. The van der Waals surface area contributed by atoms with Gasteiger partial charge in [-0.25, -0.2) is 9.37 Å². The second-order valence-electron chi connectivity index (χ2n) is 6.92. The van der Waals surface area contributed by atoms with E-state index in [0.29, 0.717) is 39.5 Å². The number of para-hydroxylation sites is 2. The largest absolute Gasteiger partial charge is 0.490 e. The first-order chi connectivity index (χ1) is 15.6. The third-order valence-corrected chi connectivity index (χ3v) is 5.33. The third kappa shape index (κ3) is 4.66. The lowest BCUT2D eigenvalue weighted by atomic mass is 10.1. The van der Waals surface area contributed by atoms with Crippen LogP contribution in [0.1, 0.15) is 23.9 Å². The fourth-order valence-corrected chi connectivity index (χ4v) is 3.81. The molecule has 1 N–H and O–H groups in total. The van der Waals surface area contributed by atoms with Crippen LogP contribution >= 0.6 is 15.9 Å². The third-order valence-electron chi connectivity index (χ3n) is 4.74. The zero-order valence-electron chi connectivity index (χ0n) is 17.2. The molecular weight excluding hydrogens is 473 g/mol. The van der Waals surface area contributed by atoms with E-state index in [9.17, 15) is 9.65 Å². The minimum absolute atomic E-state index is 0.0585. The monoisotopic (exact) mass is 491 g/mol. The minimum Gasteiger partial charge on any atom is -0.490 e. The Kier molecular flexibility index (Phi) is 6.52. The summed E-state index contributed by atoms with van der Waals surface area (Å²) >= 11 is 3.52. The summed E-state index contributed by atoms with van der Waals surface area (Å²) in [4.78, 5) is 7.67. The Morgan fingerprint density at radius 2 is 1.94 bits per heavy atom. The first-order valence-corrected chi connectivity index (χ1v) is 10.8. The fourth-order valence-electron chi connectivity index (χ4n) is 3.24. The molecule has 1 heterocycles. The maximum atomic E-state index is 14.0. The van der Waals surface area contributed by atoms with Gasteiger partial charge in [-0.1, -0.05) is 30.3 Å². The summed E-state index contributed by atoms with van der Waals surface area (Å²) in [6.07, 6.45) is 1.73. The molecule has 0 aliphatic rings. The van der Waals surface area contributed by atoms with Crippen LogP contribution in [-0.2, 0) is 6.61 Å². The van der Waals surface area contributed by atoms with Crippen molar-refractivity contribution in [3.8, 4) is 17.6 Å². The number of hydrogen-bond acceptors (Lipinski definition) is 4. The summed E-state index contributed by atoms with van der Waals surface area (Å²) in [5.41, 5.74) is 3.21. The van der Waals surface area contributed by atoms with Crippen molar-refractivity contribution in [1.29, 1.82) is 5.26 Å². The molecule has 32 heavy (non-hydrogen) atoms. The topological polar surface area (TPSA) is 70.9 Å². The van der Waals surface area contributed by atoms with Gasteiger partial charge in [0, 0.05) is 5.56 Å². The molecule has 0 bridgehead atoms. The standard InChI is InChI=1S/C25H19BrFN3O2/c1-2-31-23-13-16(11-18(14-28)25-29-21-9-5-6-10-22(21)30-25)12-19(26)24(23)32-15-17-7-3-4-8-20(17)27/h3-13H,2,15H2,1H3,(H,29,30)/b18-11-. The lowest BCUT2D eigenvalue weighted by Crippen LogP contribution is -2.02. The van der Waals surface area contributed by atoms with E-state index in [2.05, 4.69) is 32.0 Å². The van der Waals surface area contributed by atoms with Crippen molar-refractivity contribution in [1.82, 2.24) is 9.97 Å². The van der Waals surface area contributed by atoms with Gasteiger partial charge in [0.25, 0.3) is 0 Å². The summed E-state index contributed by atoms with van der Waals surface area (Å²) in [5.74, 6) is 1.12. The number of hydrogen-bond donors (Lipinski definition) is 1. The van der Waals surface area contributed by atoms with Crippen LogP contribution in [0.4, 0.5) is 4.39 Å². The van der Waals surface area contributed by atoms with Crippen LogP contribution in [0.3, 0.4) is 0 Å². The molecule has 0 atom stereocenters. The van der Waals surface area contributed by atoms with E-state index in [4.69, 9.17) is 9.47 Å². The van der Waals surface area contributed by atoms with E-state index >= 15 is 0 Å². The van der Waals surface area contributed by atoms with Gasteiger partial charge in [0.15, 0.2) is 11.5 Å². The van der Waals surface area contributed by atoms with Crippen LogP contribution in [0.25, 0.3) is 22.7 Å². The molecule has 0 saturated carbocycles. The highest BCUT2D eigenvalue weighted by Gasteiger charge is 2.15. The molecule has 7 heteroatoms. The molecule has 3 aromatic carbocycles. The summed E-state index contributed by atoms with van der Waals surface area (Å²) in [6, 6.07) is 19.9. The quantitative estimate of drug-likeness (QED) is 0.299. The van der Waals surface area contributed by atoms with Crippen molar-refractivity contribution >= 4 is 38.6 Å². The van der Waals surface area contributed by atoms with Crippen LogP contribution in [0.5, 0.6) is 11.5 Å². The number of ether oxygens (including phenoxy) is 2. The Bertz CT molecular complexity index is 1310. The number of rotatable bonds is 7. The number of H-pyrrole nitrogens is 1. The number of imidazole rings is 1. The van der Waals surface area contributed by atoms with Crippen LogP contribution in [-0.4, -0.2) is 16.6 Å². The molecule has 4 aromatic rings. The minimum atomic E-state index is -0.328. The van der Waals surface area contributed by atoms with Gasteiger partial charge in [0.2, 0.25) is 0 Å². The number of aromatic amines is 1. The predicted octanol–water partition coefficient (Wildman–Crippen LogP) is 6.51. The van der Waals surface area contributed by atoms with Crippen molar-refractivity contribution in [2.24, 2.45) is 0 Å². The van der Waals surface area contributed by atoms with Crippen LogP contribution < -0.4 is 9.47 Å².